The van der Waals surface area contributed by atoms with Gasteiger partial charge in [0.05, 0.1) is 11.0 Å². The molecule has 83 heavy (non-hydrogen) atoms. The highest BCUT2D eigenvalue weighted by molar-refractivity contribution is 6.27. The molecule has 0 spiro atoms. The first-order valence-electron chi connectivity index (χ1n) is 32.0. The zero-order valence-electron chi connectivity index (χ0n) is 52.8. The summed E-state index contributed by atoms with van der Waals surface area (Å²) in [5.74, 6) is 0. The number of hydrogen-bond acceptors (Lipinski definition) is 1. The van der Waals surface area contributed by atoms with Gasteiger partial charge in [-0.1, -0.05) is 285 Å². The first-order chi connectivity index (χ1) is 44.5. The minimum atomic E-state index is -0.411. The van der Waals surface area contributed by atoms with Gasteiger partial charge in [-0.15, -0.1) is 0 Å². The second kappa shape index (κ2) is 20.0. The van der Waals surface area contributed by atoms with Gasteiger partial charge in [-0.3, -0.25) is 0 Å². The summed E-state index contributed by atoms with van der Waals surface area (Å²) in [6.07, 6.45) is 0. The molecule has 16 aromatic carbocycles. The molecule has 0 bridgehead atoms. The summed E-state index contributed by atoms with van der Waals surface area (Å²) in [4.78, 5) is 0. The highest BCUT2D eigenvalue weighted by atomic mass is 16.3. The van der Waals surface area contributed by atoms with Crippen molar-refractivity contribution >= 4 is 97.3 Å². The van der Waals surface area contributed by atoms with Crippen molar-refractivity contribution in [1.29, 1.82) is 0 Å². The Balaban J connectivity index is 0.000000146. The average molecular weight is 1060 g/mol. The smallest absolute Gasteiger partial charge is 0.136 e. The van der Waals surface area contributed by atoms with Gasteiger partial charge < -0.3 is 4.42 Å². The highest BCUT2D eigenvalue weighted by Crippen LogP contribution is 2.49. The van der Waals surface area contributed by atoms with Crippen LogP contribution in [-0.4, -0.2) is 0 Å². The first-order valence-corrected chi connectivity index (χ1v) is 28.0. The van der Waals surface area contributed by atoms with E-state index in [1.807, 2.05) is 84.9 Å². The van der Waals surface area contributed by atoms with Crippen LogP contribution in [0.4, 0.5) is 0 Å². The van der Waals surface area contributed by atoms with Gasteiger partial charge in [0.1, 0.15) is 11.2 Å². The van der Waals surface area contributed by atoms with E-state index >= 15 is 0 Å². The third kappa shape index (κ3) is 8.24. The third-order valence-corrected chi connectivity index (χ3v) is 16.5. The zero-order chi connectivity index (χ0) is 61.8. The van der Waals surface area contributed by atoms with Gasteiger partial charge in [-0.25, -0.2) is 0 Å². The summed E-state index contributed by atoms with van der Waals surface area (Å²) in [5.41, 5.74) is 13.0. The Hall–Kier alpha value is -10.9. The van der Waals surface area contributed by atoms with E-state index in [1.54, 1.807) is 0 Å². The molecule has 1 aromatic heterocycles. The van der Waals surface area contributed by atoms with Gasteiger partial charge in [-0.05, 0) is 173 Å². The molecule has 0 saturated carbocycles. The Labute approximate surface area is 492 Å². The maximum atomic E-state index is 9.21. The molecule has 0 radical (unpaired) electrons. The molecule has 386 valence electrons. The molecule has 1 heterocycles. The fourth-order valence-corrected chi connectivity index (χ4v) is 12.8. The number of rotatable bonds is 6. The maximum absolute atomic E-state index is 9.21. The fraction of sp³-hybridized carbons (Fsp3) is 0. The normalized spacial score (nSPS) is 13.0. The van der Waals surface area contributed by atoms with Crippen LogP contribution in [0.5, 0.6) is 0 Å². The van der Waals surface area contributed by atoms with E-state index in [0.29, 0.717) is 22.3 Å². The summed E-state index contributed by atoms with van der Waals surface area (Å²) in [6.45, 7) is 0. The molecule has 0 aliphatic rings. The lowest BCUT2D eigenvalue weighted by Crippen LogP contribution is -1.91. The van der Waals surface area contributed by atoms with Crippen molar-refractivity contribution in [2.75, 3.05) is 0 Å². The standard InChI is InChI=1S/C42H26O.C40H26/c1-2-12-27(13-3-1)28-16-10-17-31(24-28)40-32-18-6-8-20-34(32)41(35-21-9-7-19-33(35)40)36-22-11-23-38-42(36)37-25-29-14-4-5-15-30(29)26-39(37)43-38;1-2-12-31-26-32(25-22-27(31)10-1)28-20-23-30(24-21-28)39-35-15-5-7-17-37(35)40(38-18-8-6-16-36(38)39)34-19-9-13-29-11-3-4-14-33(29)34/h1-26H;1-26H/i;5D,6D,7D,8D,15D,16D,17D,18D. The Morgan fingerprint density at radius 2 is 0.639 bits per heavy atom. The third-order valence-electron chi connectivity index (χ3n) is 16.5. The van der Waals surface area contributed by atoms with Crippen LogP contribution in [0.2, 0.25) is 0 Å². The van der Waals surface area contributed by atoms with Crippen LogP contribution in [0.1, 0.15) is 11.0 Å². The number of hydrogen-bond donors (Lipinski definition) is 0. The van der Waals surface area contributed by atoms with Gasteiger partial charge in [0.2, 0.25) is 0 Å². The van der Waals surface area contributed by atoms with E-state index in [-0.39, 0.29) is 45.7 Å². The van der Waals surface area contributed by atoms with Crippen molar-refractivity contribution in [1.82, 2.24) is 0 Å². The van der Waals surface area contributed by atoms with Crippen molar-refractivity contribution in [3.8, 4) is 66.8 Å². The van der Waals surface area contributed by atoms with Crippen LogP contribution in [0.3, 0.4) is 0 Å². The Bertz CT molecular complexity index is 5730. The molecular weight excluding hydrogens is 1000 g/mol. The Kier molecular flexibility index (Phi) is 9.74. The van der Waals surface area contributed by atoms with Gasteiger partial charge in [0, 0.05) is 10.8 Å². The molecular formula is C82H52O. The van der Waals surface area contributed by atoms with Crippen LogP contribution < -0.4 is 0 Å². The van der Waals surface area contributed by atoms with Crippen LogP contribution >= 0.6 is 0 Å². The number of fused-ring (bicyclic) bond motifs is 10. The summed E-state index contributed by atoms with van der Waals surface area (Å²) in [7, 11) is 0. The van der Waals surface area contributed by atoms with Crippen molar-refractivity contribution in [2.24, 2.45) is 0 Å². The topological polar surface area (TPSA) is 13.1 Å². The van der Waals surface area contributed by atoms with E-state index in [0.717, 1.165) is 54.6 Å². The van der Waals surface area contributed by atoms with E-state index in [4.69, 9.17) is 9.90 Å². The molecule has 0 unspecified atom stereocenters. The Morgan fingerprint density at radius 3 is 1.31 bits per heavy atom. The molecule has 1 nitrogen and oxygen atoms in total. The molecule has 0 amide bonds. The second-order valence-corrected chi connectivity index (χ2v) is 21.2. The quantitative estimate of drug-likeness (QED) is 0.151. The lowest BCUT2D eigenvalue weighted by molar-refractivity contribution is 0.669. The van der Waals surface area contributed by atoms with Crippen molar-refractivity contribution in [2.45, 2.75) is 0 Å². The summed E-state index contributed by atoms with van der Waals surface area (Å²) in [6, 6.07) is 89.3. The monoisotopic (exact) mass is 1060 g/mol. The van der Waals surface area contributed by atoms with Crippen molar-refractivity contribution < 1.29 is 15.4 Å². The lowest BCUT2D eigenvalue weighted by Gasteiger charge is -2.19. The fourth-order valence-electron chi connectivity index (χ4n) is 12.8. The van der Waals surface area contributed by atoms with Gasteiger partial charge in [-0.2, -0.15) is 0 Å². The molecule has 0 N–H and O–H groups in total. The number of benzene rings is 16. The summed E-state index contributed by atoms with van der Waals surface area (Å²) in [5, 5.41) is 14.5. The van der Waals surface area contributed by atoms with E-state index in [1.165, 1.54) is 65.7 Å². The first kappa shape index (κ1) is 40.3. The zero-order valence-corrected chi connectivity index (χ0v) is 44.8. The minimum Gasteiger partial charge on any atom is -0.456 e. The Morgan fingerprint density at radius 1 is 0.217 bits per heavy atom. The predicted molar refractivity (Wildman–Crippen MR) is 355 cm³/mol. The molecule has 0 atom stereocenters. The molecule has 0 fully saturated rings. The van der Waals surface area contributed by atoms with Gasteiger partial charge >= 0.3 is 0 Å². The second-order valence-electron chi connectivity index (χ2n) is 21.2. The largest absolute Gasteiger partial charge is 0.456 e. The van der Waals surface area contributed by atoms with Crippen LogP contribution in [0.25, 0.3) is 164 Å². The van der Waals surface area contributed by atoms with E-state index in [2.05, 4.69) is 182 Å². The molecule has 0 aliphatic carbocycles. The molecule has 17 rings (SSSR count). The molecule has 17 aromatic rings. The number of furan rings is 1. The van der Waals surface area contributed by atoms with Crippen LogP contribution in [0.15, 0.2) is 320 Å². The van der Waals surface area contributed by atoms with Gasteiger partial charge in [0.15, 0.2) is 0 Å². The van der Waals surface area contributed by atoms with Crippen molar-refractivity contribution in [3.05, 3.63) is 315 Å². The van der Waals surface area contributed by atoms with Crippen LogP contribution in [-0.2, 0) is 0 Å². The summed E-state index contributed by atoms with van der Waals surface area (Å²) < 4.78 is 78.0. The molecule has 1 heteroatoms. The van der Waals surface area contributed by atoms with Crippen molar-refractivity contribution in [3.63, 3.8) is 0 Å². The lowest BCUT2D eigenvalue weighted by atomic mass is 9.84. The molecule has 0 aliphatic heterocycles. The SMILES string of the molecule is [2H]c1c([2H])c([2H])c2c(-c3cccc4ccccc34)c3c([2H])c([2H])c([2H])c([2H])c3c(-c3ccc(-c4ccc5ccccc5c4)cc3)c2c1[2H].c1ccc(-c2cccc(-c3c4ccccc4c(-c4cccc5oc6cc7ccccc7cc6c45)c4ccccc34)c2)cc1. The van der Waals surface area contributed by atoms with Gasteiger partial charge in [0.25, 0.3) is 0 Å². The minimum absolute atomic E-state index is 0.208. The molecule has 0 saturated heterocycles. The summed E-state index contributed by atoms with van der Waals surface area (Å²) >= 11 is 0. The predicted octanol–water partition coefficient (Wildman–Crippen LogP) is 23.3. The van der Waals surface area contributed by atoms with E-state index < -0.39 is 24.2 Å². The maximum Gasteiger partial charge on any atom is 0.136 e. The highest BCUT2D eigenvalue weighted by Gasteiger charge is 2.22. The average Bonchev–Trinajstić information content (AvgIpc) is 0.917. The van der Waals surface area contributed by atoms with Crippen LogP contribution in [0, 0.1) is 0 Å². The van der Waals surface area contributed by atoms with E-state index in [9.17, 15) is 5.48 Å².